The van der Waals surface area contributed by atoms with E-state index in [1.165, 1.54) is 5.56 Å². The second-order valence-corrected chi connectivity index (χ2v) is 5.65. The van der Waals surface area contributed by atoms with Gasteiger partial charge in [0.25, 0.3) is 0 Å². The van der Waals surface area contributed by atoms with E-state index in [1.54, 1.807) is 0 Å². The number of hydrogen-bond donors (Lipinski definition) is 1. The molecule has 1 aromatic rings. The first-order valence-corrected chi connectivity index (χ1v) is 6.40. The summed E-state index contributed by atoms with van der Waals surface area (Å²) in [6.07, 6.45) is 0. The third kappa shape index (κ3) is 3.79. The standard InChI is InChI=1S/C14H22N2S/c1-5-16(14(2,3)4)10-11-8-6-7-9-12(11)13(15)17/h6-9H,5,10H2,1-4H3,(H2,15,17). The summed E-state index contributed by atoms with van der Waals surface area (Å²) in [6, 6.07) is 8.11. The molecule has 0 spiro atoms. The van der Waals surface area contributed by atoms with Crippen molar-refractivity contribution in [2.75, 3.05) is 6.54 Å². The van der Waals surface area contributed by atoms with Crippen molar-refractivity contribution >= 4 is 17.2 Å². The zero-order valence-corrected chi connectivity index (χ0v) is 12.0. The van der Waals surface area contributed by atoms with Crippen molar-refractivity contribution in [2.45, 2.75) is 39.8 Å². The average Bonchev–Trinajstić information content (AvgIpc) is 2.24. The van der Waals surface area contributed by atoms with Gasteiger partial charge in [-0.15, -0.1) is 0 Å². The minimum Gasteiger partial charge on any atom is -0.389 e. The van der Waals surface area contributed by atoms with Gasteiger partial charge >= 0.3 is 0 Å². The zero-order valence-electron chi connectivity index (χ0n) is 11.2. The Morgan fingerprint density at radius 2 is 1.88 bits per heavy atom. The molecular weight excluding hydrogens is 228 g/mol. The van der Waals surface area contributed by atoms with Crippen LogP contribution in [0.25, 0.3) is 0 Å². The zero-order chi connectivity index (χ0) is 13.1. The molecule has 0 heterocycles. The summed E-state index contributed by atoms with van der Waals surface area (Å²) < 4.78 is 0. The van der Waals surface area contributed by atoms with E-state index in [-0.39, 0.29) is 5.54 Å². The van der Waals surface area contributed by atoms with Crippen LogP contribution in [0.1, 0.15) is 38.8 Å². The van der Waals surface area contributed by atoms with Crippen LogP contribution in [-0.4, -0.2) is 22.0 Å². The van der Waals surface area contributed by atoms with Gasteiger partial charge < -0.3 is 5.73 Å². The number of nitrogens with two attached hydrogens (primary N) is 1. The average molecular weight is 250 g/mol. The molecule has 0 aromatic heterocycles. The molecular formula is C14H22N2S. The lowest BCUT2D eigenvalue weighted by Crippen LogP contribution is -2.40. The number of hydrogen-bond acceptors (Lipinski definition) is 2. The Morgan fingerprint density at radius 1 is 1.29 bits per heavy atom. The molecule has 2 nitrogen and oxygen atoms in total. The number of thiocarbonyl (C=S) groups is 1. The van der Waals surface area contributed by atoms with Crippen molar-refractivity contribution in [3.63, 3.8) is 0 Å². The molecule has 94 valence electrons. The number of rotatable bonds is 4. The Balaban J connectivity index is 2.98. The second kappa shape index (κ2) is 5.61. The van der Waals surface area contributed by atoms with Crippen LogP contribution >= 0.6 is 12.2 Å². The minimum absolute atomic E-state index is 0.151. The summed E-state index contributed by atoms with van der Waals surface area (Å²) in [5.41, 5.74) is 8.10. The first-order chi connectivity index (χ1) is 7.86. The van der Waals surface area contributed by atoms with E-state index in [4.69, 9.17) is 18.0 Å². The first kappa shape index (κ1) is 14.1. The molecule has 0 aliphatic rings. The Kier molecular flexibility index (Phi) is 4.66. The van der Waals surface area contributed by atoms with E-state index in [0.29, 0.717) is 4.99 Å². The van der Waals surface area contributed by atoms with Crippen LogP contribution in [0.15, 0.2) is 24.3 Å². The summed E-state index contributed by atoms with van der Waals surface area (Å²) in [5.74, 6) is 0. The predicted octanol–water partition coefficient (Wildman–Crippen LogP) is 2.94. The first-order valence-electron chi connectivity index (χ1n) is 5.99. The molecule has 0 radical (unpaired) electrons. The highest BCUT2D eigenvalue weighted by Gasteiger charge is 2.20. The van der Waals surface area contributed by atoms with Gasteiger partial charge in [-0.1, -0.05) is 43.4 Å². The molecule has 0 amide bonds. The third-order valence-electron chi connectivity index (χ3n) is 2.97. The lowest BCUT2D eigenvalue weighted by Gasteiger charge is -2.35. The van der Waals surface area contributed by atoms with Crippen LogP contribution < -0.4 is 5.73 Å². The molecule has 17 heavy (non-hydrogen) atoms. The quantitative estimate of drug-likeness (QED) is 0.833. The van der Waals surface area contributed by atoms with Crippen molar-refractivity contribution in [2.24, 2.45) is 5.73 Å². The van der Waals surface area contributed by atoms with Gasteiger partial charge in [0.15, 0.2) is 0 Å². The summed E-state index contributed by atoms with van der Waals surface area (Å²) in [7, 11) is 0. The van der Waals surface area contributed by atoms with Crippen molar-refractivity contribution in [3.8, 4) is 0 Å². The molecule has 1 rings (SSSR count). The van der Waals surface area contributed by atoms with Gasteiger partial charge in [0.2, 0.25) is 0 Å². The van der Waals surface area contributed by atoms with E-state index < -0.39 is 0 Å². The monoisotopic (exact) mass is 250 g/mol. The molecule has 0 aliphatic carbocycles. The Morgan fingerprint density at radius 3 is 2.35 bits per heavy atom. The second-order valence-electron chi connectivity index (χ2n) is 5.21. The third-order valence-corrected chi connectivity index (χ3v) is 3.19. The highest BCUT2D eigenvalue weighted by atomic mass is 32.1. The predicted molar refractivity (Wildman–Crippen MR) is 78.2 cm³/mol. The van der Waals surface area contributed by atoms with Crippen molar-refractivity contribution in [3.05, 3.63) is 35.4 Å². The maximum absolute atomic E-state index is 5.75. The van der Waals surface area contributed by atoms with Gasteiger partial charge in [-0.3, -0.25) is 4.90 Å². The van der Waals surface area contributed by atoms with Crippen LogP contribution in [0.3, 0.4) is 0 Å². The molecule has 0 atom stereocenters. The summed E-state index contributed by atoms with van der Waals surface area (Å²) in [5, 5.41) is 0. The largest absolute Gasteiger partial charge is 0.389 e. The van der Waals surface area contributed by atoms with Crippen LogP contribution in [0, 0.1) is 0 Å². The molecule has 3 heteroatoms. The minimum atomic E-state index is 0.151. The number of nitrogens with zero attached hydrogens (tertiary/aromatic N) is 1. The molecule has 2 N–H and O–H groups in total. The summed E-state index contributed by atoms with van der Waals surface area (Å²) >= 11 is 5.09. The fourth-order valence-electron chi connectivity index (χ4n) is 1.93. The van der Waals surface area contributed by atoms with Crippen LogP contribution in [0.4, 0.5) is 0 Å². The summed E-state index contributed by atoms with van der Waals surface area (Å²) in [4.78, 5) is 2.88. The molecule has 0 saturated carbocycles. The Bertz CT molecular complexity index is 393. The van der Waals surface area contributed by atoms with Crippen LogP contribution in [-0.2, 0) is 6.54 Å². The lowest BCUT2D eigenvalue weighted by molar-refractivity contribution is 0.136. The van der Waals surface area contributed by atoms with Crippen molar-refractivity contribution < 1.29 is 0 Å². The molecule has 0 saturated heterocycles. The van der Waals surface area contributed by atoms with Crippen LogP contribution in [0.2, 0.25) is 0 Å². The molecule has 0 fully saturated rings. The van der Waals surface area contributed by atoms with Gasteiger partial charge in [-0.2, -0.15) is 0 Å². The molecule has 0 bridgehead atoms. The van der Waals surface area contributed by atoms with Gasteiger partial charge in [0, 0.05) is 17.6 Å². The van der Waals surface area contributed by atoms with Gasteiger partial charge in [-0.25, -0.2) is 0 Å². The highest BCUT2D eigenvalue weighted by Crippen LogP contribution is 2.19. The van der Waals surface area contributed by atoms with E-state index >= 15 is 0 Å². The van der Waals surface area contributed by atoms with E-state index in [9.17, 15) is 0 Å². The topological polar surface area (TPSA) is 29.3 Å². The Labute approximate surface area is 110 Å². The van der Waals surface area contributed by atoms with Crippen LogP contribution in [0.5, 0.6) is 0 Å². The van der Waals surface area contributed by atoms with Gasteiger partial charge in [-0.05, 0) is 32.9 Å². The van der Waals surface area contributed by atoms with E-state index in [2.05, 4.69) is 38.7 Å². The fourth-order valence-corrected chi connectivity index (χ4v) is 2.13. The van der Waals surface area contributed by atoms with E-state index in [1.807, 2.05) is 18.2 Å². The highest BCUT2D eigenvalue weighted by molar-refractivity contribution is 7.80. The Hall–Kier alpha value is -0.930. The van der Waals surface area contributed by atoms with Crippen molar-refractivity contribution in [1.82, 2.24) is 4.90 Å². The lowest BCUT2D eigenvalue weighted by atomic mass is 10.0. The maximum Gasteiger partial charge on any atom is 0.104 e. The summed E-state index contributed by atoms with van der Waals surface area (Å²) in [6.45, 7) is 10.7. The van der Waals surface area contributed by atoms with Gasteiger partial charge in [0.05, 0.1) is 0 Å². The maximum atomic E-state index is 5.75. The van der Waals surface area contributed by atoms with Crippen molar-refractivity contribution in [1.29, 1.82) is 0 Å². The van der Waals surface area contributed by atoms with Gasteiger partial charge in [0.1, 0.15) is 4.99 Å². The SMILES string of the molecule is CCN(Cc1ccccc1C(N)=S)C(C)(C)C. The fraction of sp³-hybridized carbons (Fsp3) is 0.500. The smallest absolute Gasteiger partial charge is 0.104 e. The normalized spacial score (nSPS) is 11.8. The number of benzene rings is 1. The van der Waals surface area contributed by atoms with E-state index in [0.717, 1.165) is 18.7 Å². The molecule has 1 aromatic carbocycles. The molecule has 0 unspecified atom stereocenters. The molecule has 0 aliphatic heterocycles.